The van der Waals surface area contributed by atoms with Crippen molar-refractivity contribution in [3.05, 3.63) is 54.4 Å². The van der Waals surface area contributed by atoms with Crippen molar-refractivity contribution in [3.8, 4) is 11.1 Å². The second kappa shape index (κ2) is 8.80. The van der Waals surface area contributed by atoms with Crippen molar-refractivity contribution in [2.75, 3.05) is 51.2 Å². The van der Waals surface area contributed by atoms with E-state index in [1.807, 2.05) is 18.3 Å². The number of piperazine rings is 1. The first-order chi connectivity index (χ1) is 17.0. The largest absolute Gasteiger partial charge is 0.366 e. The molecule has 3 aromatic heterocycles. The molecule has 0 aliphatic carbocycles. The van der Waals surface area contributed by atoms with Crippen LogP contribution in [0.3, 0.4) is 0 Å². The Labute approximate surface area is 203 Å². The number of fused-ring (bicyclic) bond motifs is 2. The Bertz CT molecular complexity index is 1380. The average molecular weight is 478 g/mol. The fourth-order valence-electron chi connectivity index (χ4n) is 5.42. The van der Waals surface area contributed by atoms with E-state index < -0.39 is 6.17 Å². The fourth-order valence-corrected chi connectivity index (χ4v) is 5.42. The summed E-state index contributed by atoms with van der Waals surface area (Å²) in [7, 11) is 2.12. The Kier molecular flexibility index (Phi) is 5.61. The number of piperidine rings is 1. The number of anilines is 1. The van der Waals surface area contributed by atoms with Crippen LogP contribution in [0.5, 0.6) is 0 Å². The highest BCUT2D eigenvalue weighted by atomic mass is 19.1. The van der Waals surface area contributed by atoms with Gasteiger partial charge in [-0.2, -0.15) is 5.10 Å². The molecule has 2 unspecified atom stereocenters. The third kappa shape index (κ3) is 4.02. The predicted molar refractivity (Wildman–Crippen MR) is 133 cm³/mol. The highest BCUT2D eigenvalue weighted by Crippen LogP contribution is 2.32. The zero-order valence-electron chi connectivity index (χ0n) is 20.0. The van der Waals surface area contributed by atoms with E-state index in [1.54, 1.807) is 30.0 Å². The molecule has 0 saturated carbocycles. The lowest BCUT2D eigenvalue weighted by molar-refractivity contribution is 0.0532. The summed E-state index contributed by atoms with van der Waals surface area (Å²) in [5.41, 5.74) is 4.49. The molecule has 9 heteroatoms. The van der Waals surface area contributed by atoms with Gasteiger partial charge in [0.15, 0.2) is 5.65 Å². The minimum Gasteiger partial charge on any atom is -0.366 e. The van der Waals surface area contributed by atoms with Gasteiger partial charge in [0.25, 0.3) is 0 Å². The Balaban J connectivity index is 1.26. The summed E-state index contributed by atoms with van der Waals surface area (Å²) in [5.74, 6) is -0.271. The van der Waals surface area contributed by atoms with Gasteiger partial charge in [0.2, 0.25) is 0 Å². The lowest BCUT2D eigenvalue weighted by Gasteiger charge is -2.44. The van der Waals surface area contributed by atoms with E-state index in [0.29, 0.717) is 23.3 Å². The van der Waals surface area contributed by atoms with Crippen molar-refractivity contribution in [1.82, 2.24) is 29.4 Å². The molecule has 0 radical (unpaired) electrons. The van der Waals surface area contributed by atoms with Gasteiger partial charge >= 0.3 is 0 Å². The zero-order valence-corrected chi connectivity index (χ0v) is 20.0. The second-order valence-corrected chi connectivity index (χ2v) is 9.77. The van der Waals surface area contributed by atoms with Gasteiger partial charge in [0, 0.05) is 62.0 Å². The third-order valence-corrected chi connectivity index (χ3v) is 7.53. The minimum absolute atomic E-state index is 0.0128. The van der Waals surface area contributed by atoms with Crippen LogP contribution in [0.4, 0.5) is 14.5 Å². The Morgan fingerprint density at radius 1 is 1.00 bits per heavy atom. The summed E-state index contributed by atoms with van der Waals surface area (Å²) in [6, 6.07) is 5.17. The number of pyridine rings is 1. The standard InChI is InChI=1S/C26H29F2N7/c1-17-11-20-19(3-5-29-24(20)12-22(17)27)21-14-31-35-15-18(13-30-26(21)35)34-6-4-25(23(28)16-34)33-9-7-32(2)8-10-33/h3,5,11-15,23,25H,4,6-10,16H2,1-2H3. The normalized spacial score (nSPS) is 22.3. The highest BCUT2D eigenvalue weighted by molar-refractivity contribution is 5.98. The lowest BCUT2D eigenvalue weighted by Crippen LogP contribution is -2.57. The first-order valence-corrected chi connectivity index (χ1v) is 12.2. The van der Waals surface area contributed by atoms with Gasteiger partial charge in [-0.25, -0.2) is 18.3 Å². The number of hydrogen-bond donors (Lipinski definition) is 0. The molecule has 2 atom stereocenters. The van der Waals surface area contributed by atoms with Crippen LogP contribution in [-0.4, -0.2) is 87.9 Å². The van der Waals surface area contributed by atoms with Crippen molar-refractivity contribution in [3.63, 3.8) is 0 Å². The maximum Gasteiger partial charge on any atom is 0.162 e. The molecule has 2 fully saturated rings. The van der Waals surface area contributed by atoms with Crippen LogP contribution in [0.1, 0.15) is 12.0 Å². The van der Waals surface area contributed by atoms with E-state index in [-0.39, 0.29) is 11.9 Å². The molecule has 182 valence electrons. The summed E-state index contributed by atoms with van der Waals surface area (Å²) < 4.78 is 31.1. The third-order valence-electron chi connectivity index (χ3n) is 7.53. The molecule has 0 amide bonds. The molecule has 2 aliphatic heterocycles. The van der Waals surface area contributed by atoms with Crippen LogP contribution in [0.15, 0.2) is 43.0 Å². The zero-order chi connectivity index (χ0) is 24.1. The molecule has 35 heavy (non-hydrogen) atoms. The Hall–Kier alpha value is -3.17. The number of halogens is 2. The van der Waals surface area contributed by atoms with E-state index >= 15 is 4.39 Å². The number of likely N-dealkylation sites (N-methyl/N-ethyl adjacent to an activating group) is 1. The van der Waals surface area contributed by atoms with Crippen molar-refractivity contribution in [2.45, 2.75) is 25.6 Å². The quantitative estimate of drug-likeness (QED) is 0.450. The number of nitrogens with zero attached hydrogens (tertiary/aromatic N) is 7. The SMILES string of the molecule is Cc1cc2c(-c3cnn4cc(N5CCC(N6CCN(C)CC6)C(F)C5)cnc34)ccnc2cc1F. The van der Waals surface area contributed by atoms with Crippen molar-refractivity contribution < 1.29 is 8.78 Å². The molecule has 1 aromatic carbocycles. The van der Waals surface area contributed by atoms with Gasteiger partial charge in [-0.3, -0.25) is 9.88 Å². The van der Waals surface area contributed by atoms with Gasteiger partial charge < -0.3 is 9.80 Å². The summed E-state index contributed by atoms with van der Waals surface area (Å²) >= 11 is 0. The van der Waals surface area contributed by atoms with Gasteiger partial charge in [0.1, 0.15) is 12.0 Å². The summed E-state index contributed by atoms with van der Waals surface area (Å²) in [4.78, 5) is 15.7. The maximum atomic E-state index is 15.2. The molecule has 4 aromatic rings. The predicted octanol–water partition coefficient (Wildman–Crippen LogP) is 3.56. The number of rotatable bonds is 3. The van der Waals surface area contributed by atoms with Crippen LogP contribution in [0.25, 0.3) is 27.7 Å². The van der Waals surface area contributed by atoms with Crippen molar-refractivity contribution >= 4 is 22.2 Å². The van der Waals surface area contributed by atoms with Crippen LogP contribution in [0, 0.1) is 12.7 Å². The number of aryl methyl sites for hydroxylation is 1. The van der Waals surface area contributed by atoms with E-state index in [1.165, 1.54) is 6.07 Å². The fraction of sp³-hybridized carbons (Fsp3) is 0.423. The number of benzene rings is 1. The summed E-state index contributed by atoms with van der Waals surface area (Å²) in [6.45, 7) is 6.75. The molecule has 0 N–H and O–H groups in total. The van der Waals surface area contributed by atoms with E-state index in [0.717, 1.165) is 61.3 Å². The summed E-state index contributed by atoms with van der Waals surface area (Å²) in [5, 5.41) is 5.40. The molecule has 7 nitrogen and oxygen atoms in total. The summed E-state index contributed by atoms with van der Waals surface area (Å²) in [6.07, 6.45) is 7.07. The van der Waals surface area contributed by atoms with Crippen molar-refractivity contribution in [2.24, 2.45) is 0 Å². The maximum absolute atomic E-state index is 15.2. The number of hydrogen-bond acceptors (Lipinski definition) is 6. The lowest BCUT2D eigenvalue weighted by atomic mass is 10.00. The van der Waals surface area contributed by atoms with Crippen LogP contribution in [-0.2, 0) is 0 Å². The number of alkyl halides is 1. The minimum atomic E-state index is -0.900. The molecule has 5 heterocycles. The molecule has 0 bridgehead atoms. The topological polar surface area (TPSA) is 52.8 Å². The molecule has 6 rings (SSSR count). The van der Waals surface area contributed by atoms with Gasteiger partial charge in [-0.15, -0.1) is 0 Å². The average Bonchev–Trinajstić information content (AvgIpc) is 3.28. The van der Waals surface area contributed by atoms with Gasteiger partial charge in [-0.1, -0.05) is 0 Å². The second-order valence-electron chi connectivity index (χ2n) is 9.77. The van der Waals surface area contributed by atoms with Crippen molar-refractivity contribution in [1.29, 1.82) is 0 Å². The molecule has 0 spiro atoms. The van der Waals surface area contributed by atoms with E-state index in [9.17, 15) is 4.39 Å². The number of aromatic nitrogens is 4. The molecular weight excluding hydrogens is 448 g/mol. The van der Waals surface area contributed by atoms with E-state index in [4.69, 9.17) is 4.98 Å². The first kappa shape index (κ1) is 22.3. The molecular formula is C26H29F2N7. The Morgan fingerprint density at radius 2 is 1.83 bits per heavy atom. The first-order valence-electron chi connectivity index (χ1n) is 12.2. The highest BCUT2D eigenvalue weighted by Gasteiger charge is 2.35. The van der Waals surface area contributed by atoms with Gasteiger partial charge in [0.05, 0.1) is 36.3 Å². The smallest absolute Gasteiger partial charge is 0.162 e. The molecule has 2 saturated heterocycles. The monoisotopic (exact) mass is 477 g/mol. The Morgan fingerprint density at radius 3 is 2.63 bits per heavy atom. The van der Waals surface area contributed by atoms with Crippen LogP contribution in [0.2, 0.25) is 0 Å². The van der Waals surface area contributed by atoms with Crippen LogP contribution >= 0.6 is 0 Å². The van der Waals surface area contributed by atoms with Crippen LogP contribution < -0.4 is 4.90 Å². The van der Waals surface area contributed by atoms with E-state index in [2.05, 4.69) is 31.8 Å². The molecule has 2 aliphatic rings. The van der Waals surface area contributed by atoms with Gasteiger partial charge in [-0.05, 0) is 43.7 Å².